The summed E-state index contributed by atoms with van der Waals surface area (Å²) in [5.74, 6) is 1.68. The van der Waals surface area contributed by atoms with E-state index < -0.39 is 0 Å². The van der Waals surface area contributed by atoms with Gasteiger partial charge in [0.2, 0.25) is 0 Å². The third-order valence-corrected chi connectivity index (χ3v) is 4.44. The van der Waals surface area contributed by atoms with Gasteiger partial charge in [0, 0.05) is 0 Å². The number of para-hydroxylation sites is 1. The van der Waals surface area contributed by atoms with E-state index in [4.69, 9.17) is 9.73 Å². The van der Waals surface area contributed by atoms with Crippen LogP contribution in [0.15, 0.2) is 40.7 Å². The maximum Gasteiger partial charge on any atom is -0.358 e. The van der Waals surface area contributed by atoms with Crippen LogP contribution in [0.5, 0.6) is 5.75 Å². The van der Waals surface area contributed by atoms with E-state index in [0.717, 1.165) is 45.7 Å². The van der Waals surface area contributed by atoms with Crippen molar-refractivity contribution < 1.29 is 21.7 Å². The zero-order valence-electron chi connectivity index (χ0n) is 14.8. The molecule has 24 heavy (non-hydrogen) atoms. The Morgan fingerprint density at radius 1 is 1.29 bits per heavy atom. The normalized spacial score (nSPS) is 19.1. The summed E-state index contributed by atoms with van der Waals surface area (Å²) in [4.78, 5) is 4.76. The van der Waals surface area contributed by atoms with Crippen molar-refractivity contribution in [1.29, 1.82) is 0 Å². The first-order valence-corrected chi connectivity index (χ1v) is 8.76. The van der Waals surface area contributed by atoms with Crippen molar-refractivity contribution in [3.8, 4) is 5.75 Å². The van der Waals surface area contributed by atoms with E-state index in [1.807, 2.05) is 31.2 Å². The molecule has 2 heterocycles. The van der Waals surface area contributed by atoms with E-state index >= 15 is 0 Å². The summed E-state index contributed by atoms with van der Waals surface area (Å²) >= 11 is 2.58. The number of amidine groups is 1. The van der Waals surface area contributed by atoms with E-state index in [0.29, 0.717) is 6.61 Å². The molecule has 0 radical (unpaired) electrons. The minimum atomic E-state index is 0. The maximum absolute atomic E-state index is 5.75. The van der Waals surface area contributed by atoms with Gasteiger partial charge in [0.1, 0.15) is 0 Å². The largest absolute Gasteiger partial charge is 0.358 e. The van der Waals surface area contributed by atoms with Crippen molar-refractivity contribution >= 4 is 10.2 Å². The third kappa shape index (κ3) is 3.37. The van der Waals surface area contributed by atoms with Crippen LogP contribution in [0.4, 0.5) is 0 Å². The van der Waals surface area contributed by atoms with Crippen LogP contribution in [0.25, 0.3) is 0 Å². The zero-order chi connectivity index (χ0) is 16.4. The molecule has 0 saturated carbocycles. The van der Waals surface area contributed by atoms with Gasteiger partial charge in [0.05, 0.1) is 0 Å². The maximum atomic E-state index is 5.75. The minimum absolute atomic E-state index is 0. The Morgan fingerprint density at radius 2 is 2.04 bits per heavy atom. The topological polar surface area (TPSA) is 48.9 Å². The molecule has 0 bridgehead atoms. The number of fused-ring (bicyclic) bond motifs is 1. The molecule has 0 amide bonds. The molecule has 1 aromatic rings. The number of aliphatic imine (C=N–C) groups is 1. The number of rotatable bonds is 5. The SMILES string of the molecule is CCCC1NC(C)=C2[C](=[V])N=C(c3ccccc3OCC)NN21.[CH3-]. The van der Waals surface area contributed by atoms with Gasteiger partial charge in [0.25, 0.3) is 0 Å². The molecule has 2 aliphatic heterocycles. The van der Waals surface area contributed by atoms with Gasteiger partial charge in [-0.2, -0.15) is 0 Å². The number of hydrogen-bond donors (Lipinski definition) is 2. The number of hydrazine groups is 1. The standard InChI is InChI=1S/C17H22N4O.CH3.V/c1-4-8-16-19-12(3)14-11-18-17(20-21(14)16)13-9-6-7-10-15(13)22-5-2;;/h6-7,9-10,16,19-20H,4-5,8H2,1-3H3;1H3;/q;-1;. The summed E-state index contributed by atoms with van der Waals surface area (Å²) in [5, 5.41) is 5.74. The molecule has 0 spiro atoms. The molecule has 3 rings (SSSR count). The molecule has 5 nitrogen and oxygen atoms in total. The third-order valence-electron chi connectivity index (χ3n) is 3.95. The van der Waals surface area contributed by atoms with E-state index in [9.17, 15) is 0 Å². The fourth-order valence-electron chi connectivity index (χ4n) is 2.97. The number of allylic oxidation sites excluding steroid dienone is 1. The smallest absolute Gasteiger partial charge is 0.358 e. The predicted octanol–water partition coefficient (Wildman–Crippen LogP) is 2.74. The Bertz CT molecular complexity index is 683. The molecule has 0 saturated heterocycles. The summed E-state index contributed by atoms with van der Waals surface area (Å²) in [6.45, 7) is 6.93. The number of ether oxygens (including phenoxy) is 1. The first-order valence-electron chi connectivity index (χ1n) is 8.06. The molecule has 1 atom stereocenters. The second kappa shape index (κ2) is 7.91. The Labute approximate surface area is 153 Å². The average Bonchev–Trinajstić information content (AvgIpc) is 2.85. The molecule has 1 aromatic carbocycles. The summed E-state index contributed by atoms with van der Waals surface area (Å²) in [6, 6.07) is 8.01. The first kappa shape index (κ1) is 18.6. The van der Waals surface area contributed by atoms with Crippen LogP contribution in [0.1, 0.15) is 39.2 Å². The second-order valence-electron chi connectivity index (χ2n) is 5.62. The fraction of sp³-hybridized carbons (Fsp3) is 0.389. The monoisotopic (exact) mass is 364 g/mol. The van der Waals surface area contributed by atoms with Gasteiger partial charge in [-0.3, -0.25) is 0 Å². The van der Waals surface area contributed by atoms with Gasteiger partial charge in [-0.05, 0) is 0 Å². The molecule has 0 aromatic heterocycles. The quantitative estimate of drug-likeness (QED) is 0.789. The van der Waals surface area contributed by atoms with Crippen LogP contribution < -0.4 is 15.5 Å². The molecular formula is C18H25N4OV-. The summed E-state index contributed by atoms with van der Waals surface area (Å²) < 4.78 is 6.71. The average molecular weight is 364 g/mol. The van der Waals surface area contributed by atoms with Crippen molar-refractivity contribution in [1.82, 2.24) is 15.8 Å². The van der Waals surface area contributed by atoms with Gasteiger partial charge >= 0.3 is 146 Å². The van der Waals surface area contributed by atoms with Gasteiger partial charge in [-0.1, -0.05) is 0 Å². The van der Waals surface area contributed by atoms with Gasteiger partial charge in [-0.25, -0.2) is 0 Å². The van der Waals surface area contributed by atoms with Crippen molar-refractivity contribution in [3.05, 3.63) is 48.6 Å². The predicted molar refractivity (Wildman–Crippen MR) is 95.1 cm³/mol. The Kier molecular flexibility index (Phi) is 6.13. The molecule has 0 fully saturated rings. The van der Waals surface area contributed by atoms with Crippen LogP contribution in [-0.4, -0.2) is 28.0 Å². The molecular weight excluding hydrogens is 339 g/mol. The van der Waals surface area contributed by atoms with Crippen LogP contribution in [0, 0.1) is 7.43 Å². The summed E-state index contributed by atoms with van der Waals surface area (Å²) in [5.41, 5.74) is 6.75. The van der Waals surface area contributed by atoms with E-state index in [1.54, 1.807) is 0 Å². The molecule has 2 N–H and O–H groups in total. The molecule has 129 valence electrons. The van der Waals surface area contributed by atoms with Crippen LogP contribution in [0.3, 0.4) is 0 Å². The van der Waals surface area contributed by atoms with Crippen molar-refractivity contribution in [2.24, 2.45) is 4.99 Å². The summed E-state index contributed by atoms with van der Waals surface area (Å²) in [6.07, 6.45) is 2.43. The van der Waals surface area contributed by atoms with E-state index in [1.165, 1.54) is 0 Å². The van der Waals surface area contributed by atoms with E-state index in [2.05, 4.69) is 46.6 Å². The van der Waals surface area contributed by atoms with Gasteiger partial charge in [-0.15, -0.1) is 0 Å². The van der Waals surface area contributed by atoms with Crippen LogP contribution >= 0.6 is 0 Å². The minimum Gasteiger partial charge on any atom is -0.358 e. The van der Waals surface area contributed by atoms with Crippen molar-refractivity contribution in [2.75, 3.05) is 6.61 Å². The van der Waals surface area contributed by atoms with Crippen molar-refractivity contribution in [2.45, 2.75) is 39.8 Å². The van der Waals surface area contributed by atoms with Gasteiger partial charge in [0.15, 0.2) is 0 Å². The van der Waals surface area contributed by atoms with Crippen LogP contribution in [-0.2, 0) is 17.0 Å². The molecule has 2 aliphatic rings. The molecule has 1 unspecified atom stereocenters. The molecule has 6 heteroatoms. The van der Waals surface area contributed by atoms with Crippen LogP contribution in [0.2, 0.25) is 0 Å². The van der Waals surface area contributed by atoms with Gasteiger partial charge < -0.3 is 7.43 Å². The Balaban J connectivity index is 0.00000208. The number of nitrogens with zero attached hydrogens (tertiary/aromatic N) is 2. The number of nitrogens with one attached hydrogen (secondary N) is 2. The first-order chi connectivity index (χ1) is 11.2. The van der Waals surface area contributed by atoms with E-state index in [-0.39, 0.29) is 13.6 Å². The van der Waals surface area contributed by atoms with Crippen molar-refractivity contribution in [3.63, 3.8) is 0 Å². The number of benzene rings is 1. The zero-order valence-corrected chi connectivity index (χ0v) is 16.2. The Hall–Kier alpha value is -1.72. The molecule has 0 aliphatic carbocycles. The fourth-order valence-corrected chi connectivity index (χ4v) is 3.55. The number of hydrogen-bond acceptors (Lipinski definition) is 5. The Morgan fingerprint density at radius 3 is 2.75 bits per heavy atom. The summed E-state index contributed by atoms with van der Waals surface area (Å²) in [7, 11) is 0. The second-order valence-corrected chi connectivity index (χ2v) is 6.28.